The Labute approximate surface area is 197 Å². The van der Waals surface area contributed by atoms with Gasteiger partial charge in [-0.05, 0) is 47.4 Å². The summed E-state index contributed by atoms with van der Waals surface area (Å²) in [5.74, 6) is -0.430. The van der Waals surface area contributed by atoms with Crippen LogP contribution in [0.25, 0.3) is 11.1 Å². The fourth-order valence-corrected chi connectivity index (χ4v) is 4.09. The molecule has 2 aromatic carbocycles. The van der Waals surface area contributed by atoms with Gasteiger partial charge in [0.15, 0.2) is 5.69 Å². The van der Waals surface area contributed by atoms with Gasteiger partial charge in [0.1, 0.15) is 17.1 Å². The van der Waals surface area contributed by atoms with Crippen molar-refractivity contribution in [3.63, 3.8) is 0 Å². The van der Waals surface area contributed by atoms with E-state index in [9.17, 15) is 15.0 Å². The SMILES string of the molecule is CCCCc1nc(C(C)(C)O)c(C(=O)O)n1Cc1ccc(-c2ccccc2C2N=NN=N2)cc1. The molecule has 0 saturated carbocycles. The molecule has 3 aromatic rings. The van der Waals surface area contributed by atoms with Gasteiger partial charge >= 0.3 is 5.97 Å². The van der Waals surface area contributed by atoms with E-state index in [0.717, 1.165) is 35.1 Å². The van der Waals surface area contributed by atoms with Crippen LogP contribution in [0, 0.1) is 0 Å². The first-order valence-electron chi connectivity index (χ1n) is 11.3. The summed E-state index contributed by atoms with van der Waals surface area (Å²) < 4.78 is 1.72. The molecule has 2 N–H and O–H groups in total. The van der Waals surface area contributed by atoms with Crippen molar-refractivity contribution in [2.45, 2.75) is 58.3 Å². The summed E-state index contributed by atoms with van der Waals surface area (Å²) in [6.07, 6.45) is 2.04. The van der Waals surface area contributed by atoms with Crippen LogP contribution in [0.1, 0.15) is 72.9 Å². The molecule has 4 rings (SSSR count). The van der Waals surface area contributed by atoms with E-state index in [1.54, 1.807) is 18.4 Å². The molecule has 9 heteroatoms. The maximum Gasteiger partial charge on any atom is 0.354 e. The first kappa shape index (κ1) is 23.4. The van der Waals surface area contributed by atoms with Crippen LogP contribution in [0.3, 0.4) is 0 Å². The molecule has 0 spiro atoms. The summed E-state index contributed by atoms with van der Waals surface area (Å²) >= 11 is 0. The first-order valence-corrected chi connectivity index (χ1v) is 11.3. The van der Waals surface area contributed by atoms with Crippen molar-refractivity contribution in [2.24, 2.45) is 20.7 Å². The Kier molecular flexibility index (Phi) is 6.65. The summed E-state index contributed by atoms with van der Waals surface area (Å²) in [5, 5.41) is 35.8. The van der Waals surface area contributed by atoms with E-state index in [1.165, 1.54) is 0 Å². The van der Waals surface area contributed by atoms with Crippen molar-refractivity contribution in [2.75, 3.05) is 0 Å². The smallest absolute Gasteiger partial charge is 0.354 e. The van der Waals surface area contributed by atoms with Crippen molar-refractivity contribution in [1.29, 1.82) is 0 Å². The van der Waals surface area contributed by atoms with Gasteiger partial charge < -0.3 is 14.8 Å². The Morgan fingerprint density at radius 3 is 2.35 bits per heavy atom. The molecule has 0 amide bonds. The molecule has 0 aliphatic carbocycles. The fraction of sp³-hybridized carbons (Fsp3) is 0.360. The number of aromatic carboxylic acids is 1. The zero-order valence-electron chi connectivity index (χ0n) is 19.5. The summed E-state index contributed by atoms with van der Waals surface area (Å²) in [6, 6.07) is 15.8. The normalized spacial score (nSPS) is 13.6. The second-order valence-corrected chi connectivity index (χ2v) is 8.85. The highest BCUT2D eigenvalue weighted by atomic mass is 16.4. The number of unbranched alkanes of at least 4 members (excludes halogenated alkanes) is 1. The average molecular weight is 461 g/mol. The molecule has 9 nitrogen and oxygen atoms in total. The van der Waals surface area contributed by atoms with Gasteiger partial charge in [0.2, 0.25) is 6.17 Å². The zero-order chi connectivity index (χ0) is 24.3. The Bertz CT molecular complexity index is 1230. The minimum absolute atomic E-state index is 0.0324. The number of hydrogen-bond acceptors (Lipinski definition) is 7. The molecule has 0 radical (unpaired) electrons. The first-order chi connectivity index (χ1) is 16.3. The molecule has 0 fully saturated rings. The average Bonchev–Trinajstić information content (AvgIpc) is 3.47. The quantitative estimate of drug-likeness (QED) is 0.425. The van der Waals surface area contributed by atoms with Gasteiger partial charge in [0.25, 0.3) is 0 Å². The zero-order valence-corrected chi connectivity index (χ0v) is 19.5. The van der Waals surface area contributed by atoms with Crippen molar-refractivity contribution >= 4 is 5.97 Å². The Morgan fingerprint density at radius 1 is 1.06 bits per heavy atom. The summed E-state index contributed by atoms with van der Waals surface area (Å²) in [5.41, 5.74) is 2.69. The molecule has 1 aliphatic rings. The standard InChI is InChI=1S/C25H28N6O3/c1-4-5-10-20-26-22(25(2,3)34)21(24(32)33)31(20)15-16-11-13-17(14-12-16)18-8-6-7-9-19(18)23-27-29-30-28-23/h6-9,11-14,23,34H,4-5,10,15H2,1-3H3,(H,32,33). The lowest BCUT2D eigenvalue weighted by Crippen LogP contribution is -2.22. The third kappa shape index (κ3) is 4.79. The maximum atomic E-state index is 12.2. The number of rotatable bonds is 9. The highest BCUT2D eigenvalue weighted by Gasteiger charge is 2.31. The fourth-order valence-electron chi connectivity index (χ4n) is 4.09. The molecule has 2 heterocycles. The van der Waals surface area contributed by atoms with E-state index in [0.29, 0.717) is 18.8 Å². The van der Waals surface area contributed by atoms with E-state index < -0.39 is 17.7 Å². The molecule has 0 bridgehead atoms. The van der Waals surface area contributed by atoms with E-state index in [2.05, 4.69) is 32.6 Å². The number of aromatic nitrogens is 2. The van der Waals surface area contributed by atoms with Gasteiger partial charge in [-0.25, -0.2) is 9.78 Å². The van der Waals surface area contributed by atoms with Crippen LogP contribution >= 0.6 is 0 Å². The number of aliphatic hydroxyl groups is 1. The molecule has 176 valence electrons. The topological polar surface area (TPSA) is 125 Å². The summed E-state index contributed by atoms with van der Waals surface area (Å²) in [7, 11) is 0. The van der Waals surface area contributed by atoms with Gasteiger partial charge in [-0.1, -0.05) is 61.9 Å². The van der Waals surface area contributed by atoms with Crippen LogP contribution in [0.15, 0.2) is 69.2 Å². The van der Waals surface area contributed by atoms with Gasteiger partial charge in [0, 0.05) is 18.5 Å². The van der Waals surface area contributed by atoms with Crippen LogP contribution in [0.4, 0.5) is 0 Å². The van der Waals surface area contributed by atoms with Crippen molar-refractivity contribution in [3.05, 3.63) is 76.9 Å². The molecular formula is C25H28N6O3. The van der Waals surface area contributed by atoms with Gasteiger partial charge in [-0.3, -0.25) is 0 Å². The van der Waals surface area contributed by atoms with E-state index in [1.807, 2.05) is 48.5 Å². The maximum absolute atomic E-state index is 12.2. The largest absolute Gasteiger partial charge is 0.477 e. The molecule has 0 atom stereocenters. The van der Waals surface area contributed by atoms with Crippen LogP contribution in [0.2, 0.25) is 0 Å². The highest BCUT2D eigenvalue weighted by molar-refractivity contribution is 5.87. The molecule has 0 saturated heterocycles. The number of carboxylic acids is 1. The second kappa shape index (κ2) is 9.64. The summed E-state index contributed by atoms with van der Waals surface area (Å²) in [4.78, 5) is 16.7. The van der Waals surface area contributed by atoms with Crippen LogP contribution in [-0.4, -0.2) is 25.7 Å². The number of carboxylic acid groups (broad SMARTS) is 1. The Morgan fingerprint density at radius 2 is 1.74 bits per heavy atom. The predicted octanol–water partition coefficient (Wildman–Crippen LogP) is 5.70. The van der Waals surface area contributed by atoms with E-state index >= 15 is 0 Å². The van der Waals surface area contributed by atoms with Crippen molar-refractivity contribution < 1.29 is 15.0 Å². The lowest BCUT2D eigenvalue weighted by atomic mass is 9.97. The molecule has 1 aliphatic heterocycles. The van der Waals surface area contributed by atoms with Crippen molar-refractivity contribution in [1.82, 2.24) is 9.55 Å². The minimum atomic E-state index is -1.36. The van der Waals surface area contributed by atoms with Crippen LogP contribution in [-0.2, 0) is 18.6 Å². The van der Waals surface area contributed by atoms with E-state index in [4.69, 9.17) is 0 Å². The molecular weight excluding hydrogens is 432 g/mol. The van der Waals surface area contributed by atoms with Gasteiger partial charge in [-0.15, -0.1) is 10.2 Å². The summed E-state index contributed by atoms with van der Waals surface area (Å²) in [6.45, 7) is 5.54. The lowest BCUT2D eigenvalue weighted by molar-refractivity contribution is 0.0602. The Balaban J connectivity index is 1.68. The lowest BCUT2D eigenvalue weighted by Gasteiger charge is -2.16. The monoisotopic (exact) mass is 460 g/mol. The second-order valence-electron chi connectivity index (χ2n) is 8.85. The molecule has 1 aromatic heterocycles. The number of benzene rings is 2. The van der Waals surface area contributed by atoms with Crippen molar-refractivity contribution in [3.8, 4) is 11.1 Å². The number of nitrogens with zero attached hydrogens (tertiary/aromatic N) is 6. The third-order valence-electron chi connectivity index (χ3n) is 5.79. The molecule has 0 unspecified atom stereocenters. The number of carbonyl (C=O) groups is 1. The third-order valence-corrected chi connectivity index (χ3v) is 5.79. The van der Waals surface area contributed by atoms with Gasteiger partial charge in [0.05, 0.1) is 0 Å². The van der Waals surface area contributed by atoms with Crippen LogP contribution < -0.4 is 0 Å². The van der Waals surface area contributed by atoms with Crippen LogP contribution in [0.5, 0.6) is 0 Å². The molecule has 34 heavy (non-hydrogen) atoms. The number of imidazole rings is 1. The predicted molar refractivity (Wildman–Crippen MR) is 126 cm³/mol. The van der Waals surface area contributed by atoms with Gasteiger partial charge in [-0.2, -0.15) is 0 Å². The van der Waals surface area contributed by atoms with E-state index in [-0.39, 0.29) is 11.4 Å². The number of aryl methyl sites for hydroxylation is 1. The Hall–Kier alpha value is -3.72. The minimum Gasteiger partial charge on any atom is -0.477 e. The number of hydrogen-bond donors (Lipinski definition) is 2. The highest BCUT2D eigenvalue weighted by Crippen LogP contribution is 2.33.